The van der Waals surface area contributed by atoms with Gasteiger partial charge in [-0.3, -0.25) is 4.79 Å². The van der Waals surface area contributed by atoms with E-state index >= 15 is 0 Å². The standard InChI is InChI=1S/C26H32N2O2S/c1-5-18(26(29)30)7-6-8-20-17(3)27-25-24(21-13-14-28(4)15-22(21)31-25)23(20)19-11-9-16(2)10-12-19/h9-12,18H,5-8,13-15H2,1-4H3,(H,29,30). The van der Waals surface area contributed by atoms with Crippen LogP contribution in [-0.4, -0.2) is 34.6 Å². The van der Waals surface area contributed by atoms with Crippen LogP contribution < -0.4 is 0 Å². The van der Waals surface area contributed by atoms with Crippen molar-refractivity contribution in [2.45, 2.75) is 59.4 Å². The number of likely N-dealkylation sites (N-methyl/N-ethyl adjacent to an activating group) is 1. The van der Waals surface area contributed by atoms with Gasteiger partial charge in [0, 0.05) is 29.0 Å². The third kappa shape index (κ3) is 4.39. The number of carboxylic acid groups (broad SMARTS) is 1. The summed E-state index contributed by atoms with van der Waals surface area (Å²) >= 11 is 1.84. The Balaban J connectivity index is 1.82. The van der Waals surface area contributed by atoms with Crippen molar-refractivity contribution in [3.05, 3.63) is 51.5 Å². The number of carbonyl (C=O) groups is 1. The zero-order chi connectivity index (χ0) is 22.1. The summed E-state index contributed by atoms with van der Waals surface area (Å²) in [5.74, 6) is -0.938. The Morgan fingerprint density at radius 3 is 2.68 bits per heavy atom. The minimum atomic E-state index is -0.678. The number of carboxylic acids is 1. The molecule has 164 valence electrons. The number of benzene rings is 1. The molecule has 0 radical (unpaired) electrons. The predicted octanol–water partition coefficient (Wildman–Crippen LogP) is 6.00. The molecule has 0 fully saturated rings. The molecule has 1 N–H and O–H groups in total. The topological polar surface area (TPSA) is 53.4 Å². The molecule has 0 saturated carbocycles. The number of pyridine rings is 1. The average molecular weight is 437 g/mol. The molecular weight excluding hydrogens is 404 g/mol. The molecule has 4 nitrogen and oxygen atoms in total. The van der Waals surface area contributed by atoms with E-state index in [1.165, 1.54) is 38.1 Å². The van der Waals surface area contributed by atoms with Crippen LogP contribution in [0.4, 0.5) is 0 Å². The van der Waals surface area contributed by atoms with Gasteiger partial charge in [0.05, 0.1) is 5.92 Å². The van der Waals surface area contributed by atoms with E-state index in [2.05, 4.69) is 50.1 Å². The second-order valence-electron chi connectivity index (χ2n) is 8.92. The molecule has 1 unspecified atom stereocenters. The largest absolute Gasteiger partial charge is 0.481 e. The van der Waals surface area contributed by atoms with Crippen molar-refractivity contribution in [2.24, 2.45) is 5.92 Å². The highest BCUT2D eigenvalue weighted by Crippen LogP contribution is 2.42. The van der Waals surface area contributed by atoms with Gasteiger partial charge in [-0.2, -0.15) is 0 Å². The zero-order valence-corrected chi connectivity index (χ0v) is 19.8. The van der Waals surface area contributed by atoms with Crippen molar-refractivity contribution < 1.29 is 9.90 Å². The molecule has 2 aromatic heterocycles. The molecule has 1 aliphatic rings. The summed E-state index contributed by atoms with van der Waals surface area (Å²) in [4.78, 5) is 21.5. The number of nitrogens with zero attached hydrogens (tertiary/aromatic N) is 2. The normalized spacial score (nSPS) is 15.2. The lowest BCUT2D eigenvalue weighted by atomic mass is 9.88. The van der Waals surface area contributed by atoms with Crippen LogP contribution in [0, 0.1) is 19.8 Å². The highest BCUT2D eigenvalue weighted by atomic mass is 32.1. The van der Waals surface area contributed by atoms with Crippen LogP contribution in [0.25, 0.3) is 21.3 Å². The first kappa shape index (κ1) is 22.0. The van der Waals surface area contributed by atoms with Gasteiger partial charge in [0.1, 0.15) is 4.83 Å². The van der Waals surface area contributed by atoms with Gasteiger partial charge in [-0.25, -0.2) is 4.98 Å². The summed E-state index contributed by atoms with van der Waals surface area (Å²) in [5.41, 5.74) is 7.68. The Morgan fingerprint density at radius 2 is 2.00 bits per heavy atom. The minimum Gasteiger partial charge on any atom is -0.481 e. The monoisotopic (exact) mass is 436 g/mol. The fourth-order valence-electron chi connectivity index (χ4n) is 4.78. The zero-order valence-electron chi connectivity index (χ0n) is 19.0. The Morgan fingerprint density at radius 1 is 1.26 bits per heavy atom. The van der Waals surface area contributed by atoms with E-state index < -0.39 is 5.97 Å². The van der Waals surface area contributed by atoms with E-state index in [0.29, 0.717) is 12.8 Å². The van der Waals surface area contributed by atoms with E-state index in [9.17, 15) is 9.90 Å². The van der Waals surface area contributed by atoms with Crippen molar-refractivity contribution in [1.82, 2.24) is 9.88 Å². The molecule has 0 saturated heterocycles. The molecule has 0 bridgehead atoms. The Hall–Kier alpha value is -2.24. The van der Waals surface area contributed by atoms with Crippen LogP contribution >= 0.6 is 11.3 Å². The maximum atomic E-state index is 11.5. The molecule has 4 rings (SSSR count). The first-order valence-electron chi connectivity index (χ1n) is 11.3. The molecule has 0 spiro atoms. The third-order valence-corrected chi connectivity index (χ3v) is 7.76. The lowest BCUT2D eigenvalue weighted by molar-refractivity contribution is -0.142. The molecule has 31 heavy (non-hydrogen) atoms. The number of thiophene rings is 1. The van der Waals surface area contributed by atoms with Crippen molar-refractivity contribution in [3.8, 4) is 11.1 Å². The Labute approximate surface area is 188 Å². The number of aliphatic carboxylic acids is 1. The van der Waals surface area contributed by atoms with Gasteiger partial charge in [0.15, 0.2) is 0 Å². The predicted molar refractivity (Wildman–Crippen MR) is 129 cm³/mol. The fraction of sp³-hybridized carbons (Fsp3) is 0.462. The van der Waals surface area contributed by atoms with Crippen LogP contribution in [0.5, 0.6) is 0 Å². The number of aryl methyl sites for hydroxylation is 2. The van der Waals surface area contributed by atoms with Crippen LogP contribution in [0.2, 0.25) is 0 Å². The fourth-order valence-corrected chi connectivity index (χ4v) is 6.13. The third-order valence-electron chi connectivity index (χ3n) is 6.65. The average Bonchev–Trinajstić information content (AvgIpc) is 3.08. The molecular formula is C26H32N2O2S. The lowest BCUT2D eigenvalue weighted by Gasteiger charge is -2.23. The maximum absolute atomic E-state index is 11.5. The van der Waals surface area contributed by atoms with E-state index in [-0.39, 0.29) is 5.92 Å². The first-order valence-corrected chi connectivity index (χ1v) is 12.1. The van der Waals surface area contributed by atoms with Crippen LogP contribution in [0.15, 0.2) is 24.3 Å². The summed E-state index contributed by atoms with van der Waals surface area (Å²) in [5, 5.41) is 10.8. The second kappa shape index (κ2) is 9.09. The molecule has 1 aliphatic heterocycles. The molecule has 5 heteroatoms. The number of fused-ring (bicyclic) bond motifs is 3. The molecule has 0 amide bonds. The van der Waals surface area contributed by atoms with Gasteiger partial charge >= 0.3 is 5.97 Å². The second-order valence-corrected chi connectivity index (χ2v) is 10.0. The van der Waals surface area contributed by atoms with Crippen molar-refractivity contribution in [1.29, 1.82) is 0 Å². The summed E-state index contributed by atoms with van der Waals surface area (Å²) in [6.45, 7) is 8.27. The SMILES string of the molecule is CCC(CCCc1c(C)nc2sc3c(c2c1-c1ccc(C)cc1)CCN(C)C3)C(=O)O. The van der Waals surface area contributed by atoms with E-state index in [1.807, 2.05) is 18.3 Å². The Kier molecular flexibility index (Phi) is 6.44. The van der Waals surface area contributed by atoms with Gasteiger partial charge in [-0.05, 0) is 75.3 Å². The van der Waals surface area contributed by atoms with Crippen LogP contribution in [0.3, 0.4) is 0 Å². The lowest BCUT2D eigenvalue weighted by Crippen LogP contribution is -2.25. The van der Waals surface area contributed by atoms with Crippen LogP contribution in [-0.2, 0) is 24.2 Å². The number of hydrogen-bond acceptors (Lipinski definition) is 4. The summed E-state index contributed by atoms with van der Waals surface area (Å²) in [6, 6.07) is 8.84. The summed E-state index contributed by atoms with van der Waals surface area (Å²) < 4.78 is 0. The highest BCUT2D eigenvalue weighted by molar-refractivity contribution is 7.19. The number of rotatable bonds is 7. The van der Waals surface area contributed by atoms with E-state index in [0.717, 1.165) is 42.9 Å². The van der Waals surface area contributed by atoms with E-state index in [4.69, 9.17) is 4.98 Å². The summed E-state index contributed by atoms with van der Waals surface area (Å²) in [7, 11) is 2.19. The van der Waals surface area contributed by atoms with Crippen molar-refractivity contribution in [2.75, 3.05) is 13.6 Å². The van der Waals surface area contributed by atoms with Gasteiger partial charge in [-0.1, -0.05) is 36.8 Å². The summed E-state index contributed by atoms with van der Waals surface area (Å²) in [6.07, 6.45) is 4.19. The number of aromatic nitrogens is 1. The molecule has 1 aromatic carbocycles. The van der Waals surface area contributed by atoms with Crippen LogP contribution in [0.1, 0.15) is 53.4 Å². The van der Waals surface area contributed by atoms with Gasteiger partial charge < -0.3 is 10.0 Å². The van der Waals surface area contributed by atoms with Gasteiger partial charge in [0.25, 0.3) is 0 Å². The minimum absolute atomic E-state index is 0.260. The maximum Gasteiger partial charge on any atom is 0.306 e. The van der Waals surface area contributed by atoms with E-state index in [1.54, 1.807) is 0 Å². The van der Waals surface area contributed by atoms with Gasteiger partial charge in [-0.15, -0.1) is 11.3 Å². The smallest absolute Gasteiger partial charge is 0.306 e. The van der Waals surface area contributed by atoms with Gasteiger partial charge in [0.2, 0.25) is 0 Å². The quantitative estimate of drug-likeness (QED) is 0.493. The first-order chi connectivity index (χ1) is 14.9. The molecule has 3 aromatic rings. The van der Waals surface area contributed by atoms with Crippen molar-refractivity contribution in [3.63, 3.8) is 0 Å². The molecule has 1 atom stereocenters. The Bertz CT molecular complexity index is 1100. The highest BCUT2D eigenvalue weighted by Gasteiger charge is 2.25. The number of hydrogen-bond donors (Lipinski definition) is 1. The molecule has 0 aliphatic carbocycles. The molecule has 3 heterocycles. The van der Waals surface area contributed by atoms with Crippen molar-refractivity contribution >= 4 is 27.5 Å².